The third kappa shape index (κ3) is 5.57. The third-order valence-electron chi connectivity index (χ3n) is 5.81. The first kappa shape index (κ1) is 22.9. The van der Waals surface area contributed by atoms with Crippen molar-refractivity contribution >= 4 is 10.2 Å². The molecule has 4 aromatic rings. The maximum atomic E-state index is 13.5. The van der Waals surface area contributed by atoms with Gasteiger partial charge in [-0.1, -0.05) is 109 Å². The number of benzene rings is 4. The molecule has 0 bridgehead atoms. The Morgan fingerprint density at radius 3 is 1.21 bits per heavy atom. The molecular weight excluding hydrogens is 428 g/mol. The molecular formula is C28H28N2O2S. The zero-order valence-corrected chi connectivity index (χ0v) is 19.6. The van der Waals surface area contributed by atoms with Gasteiger partial charge in [0, 0.05) is 0 Å². The van der Waals surface area contributed by atoms with Gasteiger partial charge in [-0.15, -0.1) is 0 Å². The van der Waals surface area contributed by atoms with Crippen LogP contribution in [0.1, 0.15) is 45.5 Å². The van der Waals surface area contributed by atoms with Crippen LogP contribution in [-0.4, -0.2) is 8.42 Å². The lowest BCUT2D eigenvalue weighted by Crippen LogP contribution is -2.41. The van der Waals surface area contributed by atoms with Gasteiger partial charge in [0.1, 0.15) is 0 Å². The summed E-state index contributed by atoms with van der Waals surface area (Å²) in [5, 5.41) is 0. The Balaban J connectivity index is 1.72. The van der Waals surface area contributed by atoms with Gasteiger partial charge in [0.05, 0.1) is 12.1 Å². The zero-order chi connectivity index (χ0) is 23.3. The first-order valence-corrected chi connectivity index (χ1v) is 12.4. The van der Waals surface area contributed by atoms with Crippen molar-refractivity contribution in [3.8, 4) is 0 Å². The van der Waals surface area contributed by atoms with Crippen LogP contribution in [0.25, 0.3) is 0 Å². The largest absolute Gasteiger partial charge is 0.278 e. The van der Waals surface area contributed by atoms with Gasteiger partial charge in [0.2, 0.25) is 0 Å². The molecule has 4 rings (SSSR count). The Hall–Kier alpha value is -3.25. The van der Waals surface area contributed by atoms with Gasteiger partial charge < -0.3 is 0 Å². The van der Waals surface area contributed by atoms with Gasteiger partial charge in [-0.05, 0) is 47.2 Å². The maximum Gasteiger partial charge on any atom is 0.278 e. The number of hydrogen-bond acceptors (Lipinski definition) is 2. The monoisotopic (exact) mass is 456 g/mol. The van der Waals surface area contributed by atoms with E-state index in [-0.39, 0.29) is 0 Å². The molecule has 0 aliphatic carbocycles. The quantitative estimate of drug-likeness (QED) is 0.362. The summed E-state index contributed by atoms with van der Waals surface area (Å²) in [6.07, 6.45) is 0. The van der Waals surface area contributed by atoms with Crippen molar-refractivity contribution in [2.75, 3.05) is 0 Å². The molecule has 2 N–H and O–H groups in total. The highest BCUT2D eigenvalue weighted by molar-refractivity contribution is 7.87. The number of hydrogen-bond donors (Lipinski definition) is 2. The molecule has 0 aliphatic rings. The highest BCUT2D eigenvalue weighted by Crippen LogP contribution is 2.28. The predicted molar refractivity (Wildman–Crippen MR) is 134 cm³/mol. The van der Waals surface area contributed by atoms with E-state index in [0.29, 0.717) is 0 Å². The van der Waals surface area contributed by atoms with Crippen molar-refractivity contribution in [2.24, 2.45) is 0 Å². The molecule has 168 valence electrons. The fraction of sp³-hybridized carbons (Fsp3) is 0.143. The Morgan fingerprint density at radius 1 is 0.515 bits per heavy atom. The van der Waals surface area contributed by atoms with Crippen LogP contribution in [0.3, 0.4) is 0 Å². The van der Waals surface area contributed by atoms with Crippen LogP contribution in [0.4, 0.5) is 0 Å². The molecule has 4 nitrogen and oxygen atoms in total. The Morgan fingerprint density at radius 2 is 0.848 bits per heavy atom. The Kier molecular flexibility index (Phi) is 7.04. The topological polar surface area (TPSA) is 58.2 Å². The van der Waals surface area contributed by atoms with Gasteiger partial charge in [-0.25, -0.2) is 0 Å². The number of nitrogens with one attached hydrogen (secondary N) is 2. The second-order valence-electron chi connectivity index (χ2n) is 8.14. The molecule has 33 heavy (non-hydrogen) atoms. The van der Waals surface area contributed by atoms with E-state index >= 15 is 0 Å². The molecule has 0 heterocycles. The van der Waals surface area contributed by atoms with Gasteiger partial charge >= 0.3 is 0 Å². The van der Waals surface area contributed by atoms with Crippen LogP contribution in [0, 0.1) is 13.8 Å². The summed E-state index contributed by atoms with van der Waals surface area (Å²) in [7, 11) is -3.91. The second-order valence-corrected chi connectivity index (χ2v) is 9.62. The smallest absolute Gasteiger partial charge is 0.195 e. The molecule has 0 radical (unpaired) electrons. The molecule has 0 amide bonds. The number of aryl methyl sites for hydroxylation is 2. The second kappa shape index (κ2) is 10.1. The van der Waals surface area contributed by atoms with Gasteiger partial charge in [0.15, 0.2) is 0 Å². The summed E-state index contributed by atoms with van der Waals surface area (Å²) in [5.74, 6) is 0. The fourth-order valence-corrected chi connectivity index (χ4v) is 5.29. The first-order chi connectivity index (χ1) is 15.9. The van der Waals surface area contributed by atoms with Crippen LogP contribution in [0.2, 0.25) is 0 Å². The lowest BCUT2D eigenvalue weighted by molar-refractivity contribution is 0.547. The van der Waals surface area contributed by atoms with Crippen molar-refractivity contribution in [1.82, 2.24) is 9.44 Å². The molecule has 0 aliphatic heterocycles. The third-order valence-corrected chi connectivity index (χ3v) is 6.90. The summed E-state index contributed by atoms with van der Waals surface area (Å²) < 4.78 is 32.9. The van der Waals surface area contributed by atoms with E-state index in [4.69, 9.17) is 0 Å². The SMILES string of the molecule is Cc1ccccc1[C@H](NS(=O)(=O)N[C@H](c1ccccc1)c1ccccc1C)c1ccccc1. The van der Waals surface area contributed by atoms with Gasteiger partial charge in [-0.3, -0.25) is 0 Å². The summed E-state index contributed by atoms with van der Waals surface area (Å²) in [4.78, 5) is 0. The summed E-state index contributed by atoms with van der Waals surface area (Å²) in [6, 6.07) is 33.9. The van der Waals surface area contributed by atoms with Crippen LogP contribution in [0.5, 0.6) is 0 Å². The molecule has 0 saturated carbocycles. The lowest BCUT2D eigenvalue weighted by Gasteiger charge is -2.25. The van der Waals surface area contributed by atoms with Crippen LogP contribution in [0.15, 0.2) is 109 Å². The van der Waals surface area contributed by atoms with E-state index in [2.05, 4.69) is 9.44 Å². The molecule has 2 atom stereocenters. The molecule has 0 spiro atoms. The van der Waals surface area contributed by atoms with E-state index in [1.54, 1.807) is 0 Å². The van der Waals surface area contributed by atoms with E-state index in [1.807, 2.05) is 123 Å². The van der Waals surface area contributed by atoms with Crippen molar-refractivity contribution < 1.29 is 8.42 Å². The molecule has 5 heteroatoms. The molecule has 0 unspecified atom stereocenters. The molecule has 0 aromatic heterocycles. The van der Waals surface area contributed by atoms with Crippen molar-refractivity contribution in [3.05, 3.63) is 143 Å². The average molecular weight is 457 g/mol. The highest BCUT2D eigenvalue weighted by atomic mass is 32.2. The summed E-state index contributed by atoms with van der Waals surface area (Å²) >= 11 is 0. The molecule has 0 fully saturated rings. The number of rotatable bonds is 8. The Labute approximate surface area is 196 Å². The summed E-state index contributed by atoms with van der Waals surface area (Å²) in [6.45, 7) is 3.99. The van der Waals surface area contributed by atoms with E-state index in [9.17, 15) is 8.42 Å². The zero-order valence-electron chi connectivity index (χ0n) is 18.8. The molecule has 0 saturated heterocycles. The lowest BCUT2D eigenvalue weighted by atomic mass is 9.96. The van der Waals surface area contributed by atoms with Gasteiger partial charge in [-0.2, -0.15) is 17.9 Å². The van der Waals surface area contributed by atoms with Crippen LogP contribution < -0.4 is 9.44 Å². The average Bonchev–Trinajstić information content (AvgIpc) is 2.83. The van der Waals surface area contributed by atoms with Crippen molar-refractivity contribution in [2.45, 2.75) is 25.9 Å². The minimum absolute atomic E-state index is 0.516. The minimum atomic E-state index is -3.91. The minimum Gasteiger partial charge on any atom is -0.195 e. The first-order valence-electron chi connectivity index (χ1n) is 10.9. The maximum absolute atomic E-state index is 13.5. The standard InChI is InChI=1S/C28H28N2O2S/c1-21-13-9-11-19-25(21)27(23-15-5-3-6-16-23)29-33(31,32)30-28(24-17-7-4-8-18-24)26-20-12-10-14-22(26)2/h3-20,27-30H,1-2H3/t27-,28-/m1/s1. The predicted octanol–water partition coefficient (Wildman–Crippen LogP) is 5.61. The highest BCUT2D eigenvalue weighted by Gasteiger charge is 2.27. The fourth-order valence-electron chi connectivity index (χ4n) is 4.08. The van der Waals surface area contributed by atoms with Crippen molar-refractivity contribution in [1.29, 1.82) is 0 Å². The normalized spacial score (nSPS) is 13.4. The summed E-state index contributed by atoms with van der Waals surface area (Å²) in [5.41, 5.74) is 5.64. The van der Waals surface area contributed by atoms with E-state index < -0.39 is 22.3 Å². The van der Waals surface area contributed by atoms with E-state index in [0.717, 1.165) is 33.4 Å². The van der Waals surface area contributed by atoms with Crippen molar-refractivity contribution in [3.63, 3.8) is 0 Å². The van der Waals surface area contributed by atoms with E-state index in [1.165, 1.54) is 0 Å². The van der Waals surface area contributed by atoms with Gasteiger partial charge in [0.25, 0.3) is 10.2 Å². The van der Waals surface area contributed by atoms with Crippen LogP contribution in [-0.2, 0) is 10.2 Å². The Bertz CT molecular complexity index is 1210. The van der Waals surface area contributed by atoms with Crippen LogP contribution >= 0.6 is 0 Å². The molecule has 4 aromatic carbocycles.